The summed E-state index contributed by atoms with van der Waals surface area (Å²) in [4.78, 5) is 43.2. The van der Waals surface area contributed by atoms with Crippen molar-refractivity contribution in [2.75, 3.05) is 31.1 Å². The van der Waals surface area contributed by atoms with Crippen LogP contribution >= 0.6 is 11.6 Å². The molecule has 3 amide bonds. The number of amides is 3. The second-order valence-corrected chi connectivity index (χ2v) is 8.05. The fourth-order valence-corrected chi connectivity index (χ4v) is 4.63. The molecule has 27 heavy (non-hydrogen) atoms. The van der Waals surface area contributed by atoms with Crippen LogP contribution in [0.1, 0.15) is 32.1 Å². The number of hydrogen-bond acceptors (Lipinski definition) is 4. The monoisotopic (exact) mass is 389 g/mol. The van der Waals surface area contributed by atoms with E-state index >= 15 is 0 Å². The molecule has 0 unspecified atom stereocenters. The number of rotatable bonds is 3. The number of hydrogen-bond donors (Lipinski definition) is 0. The van der Waals surface area contributed by atoms with E-state index in [1.165, 1.54) is 4.90 Å². The zero-order chi connectivity index (χ0) is 19.0. The number of halogens is 1. The van der Waals surface area contributed by atoms with Gasteiger partial charge in [-0.25, -0.2) is 4.90 Å². The van der Waals surface area contributed by atoms with Crippen LogP contribution < -0.4 is 4.90 Å². The van der Waals surface area contributed by atoms with Crippen LogP contribution in [0.25, 0.3) is 0 Å². The first kappa shape index (κ1) is 18.4. The summed E-state index contributed by atoms with van der Waals surface area (Å²) < 4.78 is 0. The van der Waals surface area contributed by atoms with Gasteiger partial charge in [0.15, 0.2) is 0 Å². The third-order valence-electron chi connectivity index (χ3n) is 5.93. The maximum atomic E-state index is 12.9. The topological polar surface area (TPSA) is 60.9 Å². The number of carbonyl (C=O) groups is 3. The SMILES string of the molecule is O=C(C1CCN([C@@H]2CC(=O)N(c3cccc(Cl)c3)C2=O)CC1)N1CCCC1. The van der Waals surface area contributed by atoms with Gasteiger partial charge in [-0.15, -0.1) is 0 Å². The summed E-state index contributed by atoms with van der Waals surface area (Å²) in [5, 5.41) is 0.498. The highest BCUT2D eigenvalue weighted by Gasteiger charge is 2.44. The summed E-state index contributed by atoms with van der Waals surface area (Å²) in [6.07, 6.45) is 3.90. The first-order valence-corrected chi connectivity index (χ1v) is 10.1. The highest BCUT2D eigenvalue weighted by Crippen LogP contribution is 2.30. The van der Waals surface area contributed by atoms with Crippen molar-refractivity contribution in [3.05, 3.63) is 29.3 Å². The lowest BCUT2D eigenvalue weighted by molar-refractivity contribution is -0.136. The maximum absolute atomic E-state index is 12.9. The summed E-state index contributed by atoms with van der Waals surface area (Å²) in [5.41, 5.74) is 0.527. The molecule has 0 saturated carbocycles. The Bertz CT molecular complexity index is 755. The molecule has 1 aromatic carbocycles. The Morgan fingerprint density at radius 1 is 1.04 bits per heavy atom. The summed E-state index contributed by atoms with van der Waals surface area (Å²) in [6, 6.07) is 6.39. The van der Waals surface area contributed by atoms with Gasteiger partial charge in [0, 0.05) is 24.0 Å². The van der Waals surface area contributed by atoms with Gasteiger partial charge in [0.25, 0.3) is 5.91 Å². The number of likely N-dealkylation sites (tertiary alicyclic amines) is 2. The minimum absolute atomic E-state index is 0.0515. The van der Waals surface area contributed by atoms with Gasteiger partial charge in [0.05, 0.1) is 18.2 Å². The van der Waals surface area contributed by atoms with Crippen LogP contribution in [-0.4, -0.2) is 59.7 Å². The van der Waals surface area contributed by atoms with Gasteiger partial charge in [-0.3, -0.25) is 19.3 Å². The van der Waals surface area contributed by atoms with Crippen molar-refractivity contribution in [3.8, 4) is 0 Å². The lowest BCUT2D eigenvalue weighted by Crippen LogP contribution is -2.48. The van der Waals surface area contributed by atoms with Crippen LogP contribution in [0.15, 0.2) is 24.3 Å². The summed E-state index contributed by atoms with van der Waals surface area (Å²) in [7, 11) is 0. The van der Waals surface area contributed by atoms with Crippen molar-refractivity contribution >= 4 is 35.0 Å². The molecule has 0 N–H and O–H groups in total. The summed E-state index contributed by atoms with van der Waals surface area (Å²) >= 11 is 6.01. The number of benzene rings is 1. The molecular weight excluding hydrogens is 366 g/mol. The first-order chi connectivity index (χ1) is 13.0. The molecule has 3 fully saturated rings. The van der Waals surface area contributed by atoms with Gasteiger partial charge in [-0.1, -0.05) is 17.7 Å². The van der Waals surface area contributed by atoms with Crippen LogP contribution in [0.5, 0.6) is 0 Å². The van der Waals surface area contributed by atoms with E-state index in [0.29, 0.717) is 23.8 Å². The molecule has 3 heterocycles. The van der Waals surface area contributed by atoms with Crippen LogP contribution in [0, 0.1) is 5.92 Å². The molecule has 0 spiro atoms. The molecule has 0 bridgehead atoms. The van der Waals surface area contributed by atoms with E-state index in [-0.39, 0.29) is 30.1 Å². The lowest BCUT2D eigenvalue weighted by Gasteiger charge is -2.35. The molecule has 3 aliphatic heterocycles. The smallest absolute Gasteiger partial charge is 0.251 e. The second kappa shape index (κ2) is 7.60. The normalized spacial score (nSPS) is 24.9. The number of nitrogens with zero attached hydrogens (tertiary/aromatic N) is 3. The molecule has 144 valence electrons. The number of piperidine rings is 1. The summed E-state index contributed by atoms with van der Waals surface area (Å²) in [6.45, 7) is 3.11. The van der Waals surface area contributed by atoms with Gasteiger partial charge < -0.3 is 4.90 Å². The van der Waals surface area contributed by atoms with Gasteiger partial charge in [-0.05, 0) is 57.0 Å². The Labute approximate surface area is 164 Å². The van der Waals surface area contributed by atoms with E-state index in [1.807, 2.05) is 4.90 Å². The highest BCUT2D eigenvalue weighted by molar-refractivity contribution is 6.31. The van der Waals surface area contributed by atoms with Crippen molar-refractivity contribution in [1.82, 2.24) is 9.80 Å². The van der Waals surface area contributed by atoms with Crippen molar-refractivity contribution < 1.29 is 14.4 Å². The molecule has 0 aromatic heterocycles. The lowest BCUT2D eigenvalue weighted by atomic mass is 9.94. The Kier molecular flexibility index (Phi) is 5.19. The standard InChI is InChI=1S/C20H24ClN3O3/c21-15-4-3-5-16(12-15)24-18(25)13-17(20(24)27)22-10-6-14(7-11-22)19(26)23-8-1-2-9-23/h3-5,12,14,17H,1-2,6-11,13H2/t17-/m1/s1. The molecule has 4 rings (SSSR count). The fraction of sp³-hybridized carbons (Fsp3) is 0.550. The Hall–Kier alpha value is -1.92. The van der Waals surface area contributed by atoms with Crippen LogP contribution in [-0.2, 0) is 14.4 Å². The van der Waals surface area contributed by atoms with Gasteiger partial charge in [0.1, 0.15) is 0 Å². The molecule has 1 atom stereocenters. The van der Waals surface area contributed by atoms with Crippen LogP contribution in [0.3, 0.4) is 0 Å². The predicted molar refractivity (Wildman–Crippen MR) is 102 cm³/mol. The maximum Gasteiger partial charge on any atom is 0.251 e. The van der Waals surface area contributed by atoms with Crippen molar-refractivity contribution in [1.29, 1.82) is 0 Å². The van der Waals surface area contributed by atoms with Crippen LogP contribution in [0.4, 0.5) is 5.69 Å². The molecular formula is C20H24ClN3O3. The van der Waals surface area contributed by atoms with Gasteiger partial charge >= 0.3 is 0 Å². The van der Waals surface area contributed by atoms with E-state index < -0.39 is 6.04 Å². The minimum Gasteiger partial charge on any atom is -0.342 e. The van der Waals surface area contributed by atoms with E-state index in [4.69, 9.17) is 11.6 Å². The van der Waals surface area contributed by atoms with Crippen molar-refractivity contribution in [2.24, 2.45) is 5.92 Å². The number of imide groups is 1. The van der Waals surface area contributed by atoms with Crippen molar-refractivity contribution in [3.63, 3.8) is 0 Å². The van der Waals surface area contributed by atoms with Gasteiger partial charge in [-0.2, -0.15) is 0 Å². The molecule has 0 aliphatic carbocycles. The zero-order valence-corrected chi connectivity index (χ0v) is 16.0. The molecule has 3 saturated heterocycles. The first-order valence-electron chi connectivity index (χ1n) is 9.70. The predicted octanol–water partition coefficient (Wildman–Crippen LogP) is 2.31. The average molecular weight is 390 g/mol. The number of carbonyl (C=O) groups excluding carboxylic acids is 3. The van der Waals surface area contributed by atoms with E-state index in [9.17, 15) is 14.4 Å². The molecule has 3 aliphatic rings. The second-order valence-electron chi connectivity index (χ2n) is 7.61. The average Bonchev–Trinajstić information content (AvgIpc) is 3.30. The largest absolute Gasteiger partial charge is 0.342 e. The third-order valence-corrected chi connectivity index (χ3v) is 6.16. The quantitative estimate of drug-likeness (QED) is 0.744. The Balaban J connectivity index is 1.39. The molecule has 7 heteroatoms. The Morgan fingerprint density at radius 3 is 2.41 bits per heavy atom. The van der Waals surface area contributed by atoms with E-state index in [0.717, 1.165) is 38.8 Å². The number of anilines is 1. The van der Waals surface area contributed by atoms with E-state index in [1.54, 1.807) is 24.3 Å². The zero-order valence-electron chi connectivity index (χ0n) is 15.3. The summed E-state index contributed by atoms with van der Waals surface area (Å²) in [5.74, 6) is -0.0637. The highest BCUT2D eigenvalue weighted by atomic mass is 35.5. The van der Waals surface area contributed by atoms with Crippen molar-refractivity contribution in [2.45, 2.75) is 38.1 Å². The minimum atomic E-state index is -0.431. The fourth-order valence-electron chi connectivity index (χ4n) is 4.44. The van der Waals surface area contributed by atoms with E-state index in [2.05, 4.69) is 4.90 Å². The van der Waals surface area contributed by atoms with Gasteiger partial charge in [0.2, 0.25) is 11.8 Å². The molecule has 1 aromatic rings. The third kappa shape index (κ3) is 3.60. The molecule has 6 nitrogen and oxygen atoms in total. The van der Waals surface area contributed by atoms with Crippen LogP contribution in [0.2, 0.25) is 5.02 Å². The Morgan fingerprint density at radius 2 is 1.74 bits per heavy atom. The molecule has 0 radical (unpaired) electrons.